The van der Waals surface area contributed by atoms with Crippen molar-refractivity contribution in [2.24, 2.45) is 0 Å². The van der Waals surface area contributed by atoms with Crippen LogP contribution in [0.3, 0.4) is 0 Å². The van der Waals surface area contributed by atoms with E-state index in [1.165, 1.54) is 25.0 Å². The van der Waals surface area contributed by atoms with E-state index in [0.29, 0.717) is 12.6 Å². The van der Waals surface area contributed by atoms with Crippen molar-refractivity contribution in [3.8, 4) is 0 Å². The maximum Gasteiger partial charge on any atom is 0.234 e. The molecule has 0 bridgehead atoms. The standard InChI is InChI=1S/C18H26FN3O/c19-16-7-5-15(6-8-16)13-21-9-11-22(12-10-21)14-18(23)20-17-3-1-2-4-17/h5-8,17H,1-4,9-14H2,(H,20,23). The molecule has 0 spiro atoms. The Morgan fingerprint density at radius 3 is 2.30 bits per heavy atom. The summed E-state index contributed by atoms with van der Waals surface area (Å²) in [6.07, 6.45) is 4.76. The highest BCUT2D eigenvalue weighted by molar-refractivity contribution is 5.78. The van der Waals surface area contributed by atoms with Crippen molar-refractivity contribution in [1.82, 2.24) is 15.1 Å². The summed E-state index contributed by atoms with van der Waals surface area (Å²) in [5.74, 6) is -0.0178. The number of benzene rings is 1. The summed E-state index contributed by atoms with van der Waals surface area (Å²) in [4.78, 5) is 16.7. The van der Waals surface area contributed by atoms with Crippen molar-refractivity contribution in [1.29, 1.82) is 0 Å². The van der Waals surface area contributed by atoms with Gasteiger partial charge >= 0.3 is 0 Å². The zero-order valence-electron chi connectivity index (χ0n) is 13.6. The zero-order chi connectivity index (χ0) is 16.1. The lowest BCUT2D eigenvalue weighted by Crippen LogP contribution is -2.50. The number of amides is 1. The highest BCUT2D eigenvalue weighted by Crippen LogP contribution is 2.17. The number of carbonyl (C=O) groups excluding carboxylic acids is 1. The van der Waals surface area contributed by atoms with Gasteiger partial charge in [-0.25, -0.2) is 4.39 Å². The number of nitrogens with zero attached hydrogens (tertiary/aromatic N) is 2. The molecule has 1 aromatic carbocycles. The summed E-state index contributed by atoms with van der Waals surface area (Å²) in [6.45, 7) is 5.10. The molecule has 0 unspecified atom stereocenters. The van der Waals surface area contributed by atoms with Gasteiger partial charge in [-0.15, -0.1) is 0 Å². The largest absolute Gasteiger partial charge is 0.352 e. The van der Waals surface area contributed by atoms with Crippen LogP contribution in [0.4, 0.5) is 4.39 Å². The van der Waals surface area contributed by atoms with Crippen LogP contribution in [0.25, 0.3) is 0 Å². The van der Waals surface area contributed by atoms with E-state index in [1.54, 1.807) is 0 Å². The van der Waals surface area contributed by atoms with E-state index < -0.39 is 0 Å². The van der Waals surface area contributed by atoms with Crippen LogP contribution in [0.2, 0.25) is 0 Å². The van der Waals surface area contributed by atoms with E-state index >= 15 is 0 Å². The molecule has 1 aliphatic heterocycles. The molecule has 1 saturated heterocycles. The van der Waals surface area contributed by atoms with Gasteiger partial charge in [0.1, 0.15) is 5.82 Å². The van der Waals surface area contributed by atoms with Gasteiger partial charge in [-0.3, -0.25) is 14.6 Å². The van der Waals surface area contributed by atoms with Crippen LogP contribution in [0, 0.1) is 5.82 Å². The van der Waals surface area contributed by atoms with Crippen LogP contribution in [0.1, 0.15) is 31.2 Å². The molecule has 0 atom stereocenters. The monoisotopic (exact) mass is 319 g/mol. The molecule has 1 aliphatic carbocycles. The van der Waals surface area contributed by atoms with Gasteiger partial charge in [0.2, 0.25) is 5.91 Å². The van der Waals surface area contributed by atoms with Crippen LogP contribution in [-0.2, 0) is 11.3 Å². The minimum atomic E-state index is -0.188. The average molecular weight is 319 g/mol. The third-order valence-electron chi connectivity index (χ3n) is 4.87. The Morgan fingerprint density at radius 1 is 1.04 bits per heavy atom. The SMILES string of the molecule is O=C(CN1CCN(Cc2ccc(F)cc2)CC1)NC1CCCC1. The Balaban J connectivity index is 1.37. The molecule has 23 heavy (non-hydrogen) atoms. The van der Waals surface area contributed by atoms with Crippen molar-refractivity contribution in [2.45, 2.75) is 38.3 Å². The number of halogens is 1. The number of carbonyl (C=O) groups is 1. The first kappa shape index (κ1) is 16.4. The van der Waals surface area contributed by atoms with Crippen LogP contribution < -0.4 is 5.32 Å². The summed E-state index contributed by atoms with van der Waals surface area (Å²) in [7, 11) is 0. The zero-order valence-corrected chi connectivity index (χ0v) is 13.6. The number of hydrogen-bond acceptors (Lipinski definition) is 3. The van der Waals surface area contributed by atoms with Gasteiger partial charge < -0.3 is 5.32 Å². The highest BCUT2D eigenvalue weighted by atomic mass is 19.1. The third kappa shape index (κ3) is 5.01. The molecule has 0 radical (unpaired) electrons. The Bertz CT molecular complexity index is 506. The third-order valence-corrected chi connectivity index (χ3v) is 4.87. The smallest absolute Gasteiger partial charge is 0.234 e. The van der Waals surface area contributed by atoms with Crippen molar-refractivity contribution < 1.29 is 9.18 Å². The van der Waals surface area contributed by atoms with E-state index in [9.17, 15) is 9.18 Å². The molecule has 5 heteroatoms. The van der Waals surface area contributed by atoms with Gasteiger partial charge in [-0.1, -0.05) is 25.0 Å². The normalized spacial score (nSPS) is 20.7. The molecule has 1 heterocycles. The summed E-state index contributed by atoms with van der Waals surface area (Å²) >= 11 is 0. The van der Waals surface area contributed by atoms with Gasteiger partial charge in [0, 0.05) is 38.8 Å². The van der Waals surface area contributed by atoms with Crippen LogP contribution in [-0.4, -0.2) is 54.5 Å². The Kier molecular flexibility index (Phi) is 5.62. The molecule has 4 nitrogen and oxygen atoms in total. The van der Waals surface area contributed by atoms with Crippen molar-refractivity contribution in [3.05, 3.63) is 35.6 Å². The predicted octanol–water partition coefficient (Wildman–Crippen LogP) is 2.00. The van der Waals surface area contributed by atoms with Gasteiger partial charge in [-0.05, 0) is 30.5 Å². The van der Waals surface area contributed by atoms with Crippen LogP contribution >= 0.6 is 0 Å². The number of hydrogen-bond donors (Lipinski definition) is 1. The van der Waals surface area contributed by atoms with Crippen LogP contribution in [0.15, 0.2) is 24.3 Å². The van der Waals surface area contributed by atoms with Crippen molar-refractivity contribution in [2.75, 3.05) is 32.7 Å². The highest BCUT2D eigenvalue weighted by Gasteiger charge is 2.21. The molecule has 0 aromatic heterocycles. The molecular formula is C18H26FN3O. The molecule has 126 valence electrons. The van der Waals surface area contributed by atoms with Gasteiger partial charge in [0.05, 0.1) is 6.54 Å². The van der Waals surface area contributed by atoms with E-state index in [-0.39, 0.29) is 11.7 Å². The minimum absolute atomic E-state index is 0.170. The maximum atomic E-state index is 12.9. The quantitative estimate of drug-likeness (QED) is 0.902. The topological polar surface area (TPSA) is 35.6 Å². The molecule has 2 aliphatic rings. The summed E-state index contributed by atoms with van der Waals surface area (Å²) in [5, 5.41) is 3.15. The van der Waals surface area contributed by atoms with E-state index in [1.807, 2.05) is 12.1 Å². The molecular weight excluding hydrogens is 293 g/mol. The lowest BCUT2D eigenvalue weighted by molar-refractivity contribution is -0.123. The molecule has 1 amide bonds. The predicted molar refractivity (Wildman–Crippen MR) is 88.5 cm³/mol. The second kappa shape index (κ2) is 7.88. The van der Waals surface area contributed by atoms with Gasteiger partial charge in [0.25, 0.3) is 0 Å². The number of rotatable bonds is 5. The first-order chi connectivity index (χ1) is 11.2. The summed E-state index contributed by atoms with van der Waals surface area (Å²) in [5.41, 5.74) is 1.14. The number of nitrogens with one attached hydrogen (secondary N) is 1. The second-order valence-electron chi connectivity index (χ2n) is 6.73. The first-order valence-electron chi connectivity index (χ1n) is 8.67. The van der Waals surface area contributed by atoms with Crippen molar-refractivity contribution >= 4 is 5.91 Å². The fraction of sp³-hybridized carbons (Fsp3) is 0.611. The maximum absolute atomic E-state index is 12.9. The minimum Gasteiger partial charge on any atom is -0.352 e. The Hall–Kier alpha value is -1.46. The second-order valence-corrected chi connectivity index (χ2v) is 6.73. The van der Waals surface area contributed by atoms with Gasteiger partial charge in [0.15, 0.2) is 0 Å². The summed E-state index contributed by atoms with van der Waals surface area (Å²) in [6, 6.07) is 7.12. The average Bonchev–Trinajstić information content (AvgIpc) is 3.04. The van der Waals surface area contributed by atoms with E-state index in [2.05, 4.69) is 15.1 Å². The molecule has 3 rings (SSSR count). The molecule has 2 fully saturated rings. The first-order valence-corrected chi connectivity index (χ1v) is 8.67. The lowest BCUT2D eigenvalue weighted by Gasteiger charge is -2.34. The fourth-order valence-corrected chi connectivity index (χ4v) is 3.50. The Labute approximate surface area is 137 Å². The Morgan fingerprint density at radius 2 is 1.65 bits per heavy atom. The molecule has 1 saturated carbocycles. The summed E-state index contributed by atoms with van der Waals surface area (Å²) < 4.78 is 12.9. The van der Waals surface area contributed by atoms with Crippen molar-refractivity contribution in [3.63, 3.8) is 0 Å². The molecule has 1 aromatic rings. The van der Waals surface area contributed by atoms with Crippen LogP contribution in [0.5, 0.6) is 0 Å². The lowest BCUT2D eigenvalue weighted by atomic mass is 10.2. The van der Waals surface area contributed by atoms with Gasteiger partial charge in [-0.2, -0.15) is 0 Å². The molecule has 1 N–H and O–H groups in total. The van der Waals surface area contributed by atoms with E-state index in [4.69, 9.17) is 0 Å². The van der Waals surface area contributed by atoms with E-state index in [0.717, 1.165) is 51.1 Å². The number of piperazine rings is 1. The fourth-order valence-electron chi connectivity index (χ4n) is 3.50.